The first-order valence-corrected chi connectivity index (χ1v) is 18.4. The van der Waals surface area contributed by atoms with E-state index in [1.807, 2.05) is 44.2 Å². The smallest absolute Gasteiger partial charge is 0.273 e. The summed E-state index contributed by atoms with van der Waals surface area (Å²) in [6.45, 7) is 4.17. The Kier molecular flexibility index (Phi) is 13.3. The van der Waals surface area contributed by atoms with Crippen molar-refractivity contribution in [2.75, 3.05) is 18.0 Å². The predicted molar refractivity (Wildman–Crippen MR) is 199 cm³/mol. The normalized spacial score (nSPS) is 12.5. The van der Waals surface area contributed by atoms with Crippen LogP contribution in [0.2, 0.25) is 15.1 Å². The number of methoxy groups -OCH3 is 1. The molecule has 4 rings (SSSR count). The van der Waals surface area contributed by atoms with Crippen LogP contribution in [0.15, 0.2) is 89.8 Å². The lowest BCUT2D eigenvalue weighted by Crippen LogP contribution is -2.54. The number of halogens is 3. The largest absolute Gasteiger partial charge is 0.495 e. The van der Waals surface area contributed by atoms with Crippen LogP contribution in [-0.2, 0) is 32.6 Å². The summed E-state index contributed by atoms with van der Waals surface area (Å²) < 4.78 is 35.3. The SMILES string of the molecule is CCC(C)NC(=O)C(Cc1ccccc1)N(Cc1ccc(Cl)cc1Cl)C(=O)CN(c1cc(Cl)ccc1OC)S(=O)(=O)c1ccc(C)c([N+](=O)[O-])c1. The molecule has 0 fully saturated rings. The summed E-state index contributed by atoms with van der Waals surface area (Å²) in [6, 6.07) is 20.1. The minimum absolute atomic E-state index is 0.0556. The molecule has 0 aromatic heterocycles. The molecule has 270 valence electrons. The summed E-state index contributed by atoms with van der Waals surface area (Å²) in [5.74, 6) is -1.19. The molecule has 0 aliphatic rings. The van der Waals surface area contributed by atoms with Crippen LogP contribution in [0.25, 0.3) is 0 Å². The van der Waals surface area contributed by atoms with Gasteiger partial charge >= 0.3 is 0 Å². The van der Waals surface area contributed by atoms with Gasteiger partial charge in [0, 0.05) is 45.7 Å². The first-order valence-electron chi connectivity index (χ1n) is 15.8. The first-order chi connectivity index (χ1) is 24.2. The quantitative estimate of drug-likeness (QED) is 0.0969. The van der Waals surface area contributed by atoms with Gasteiger partial charge in [-0.25, -0.2) is 8.42 Å². The van der Waals surface area contributed by atoms with Gasteiger partial charge in [-0.05, 0) is 67.8 Å². The summed E-state index contributed by atoms with van der Waals surface area (Å²) in [5, 5.41) is 15.5. The molecule has 0 bridgehead atoms. The number of carbonyl (C=O) groups is 2. The van der Waals surface area contributed by atoms with E-state index >= 15 is 0 Å². The van der Waals surface area contributed by atoms with E-state index in [4.69, 9.17) is 39.5 Å². The van der Waals surface area contributed by atoms with E-state index in [0.29, 0.717) is 17.0 Å². The van der Waals surface area contributed by atoms with Gasteiger partial charge in [0.25, 0.3) is 15.7 Å². The number of benzene rings is 4. The number of hydrogen-bond donors (Lipinski definition) is 1. The van der Waals surface area contributed by atoms with Crippen molar-refractivity contribution in [1.82, 2.24) is 10.2 Å². The summed E-state index contributed by atoms with van der Waals surface area (Å²) in [5.41, 5.74) is 0.908. The third kappa shape index (κ3) is 9.70. The number of aryl methyl sites for hydroxylation is 1. The fourth-order valence-corrected chi connectivity index (χ4v) is 7.35. The third-order valence-electron chi connectivity index (χ3n) is 8.28. The van der Waals surface area contributed by atoms with Gasteiger partial charge in [-0.3, -0.25) is 24.0 Å². The van der Waals surface area contributed by atoms with E-state index in [-0.39, 0.29) is 46.1 Å². The molecule has 0 radical (unpaired) electrons. The molecular formula is C36H37Cl3N4O7S. The molecule has 4 aromatic rings. The number of anilines is 1. The number of carbonyl (C=O) groups excluding carboxylic acids is 2. The van der Waals surface area contributed by atoms with Crippen LogP contribution in [0.3, 0.4) is 0 Å². The molecule has 11 nitrogen and oxygen atoms in total. The highest BCUT2D eigenvalue weighted by Crippen LogP contribution is 2.36. The van der Waals surface area contributed by atoms with Gasteiger partial charge in [-0.1, -0.05) is 84.2 Å². The number of sulfonamides is 1. The first kappa shape index (κ1) is 39.4. The lowest BCUT2D eigenvalue weighted by molar-refractivity contribution is -0.385. The van der Waals surface area contributed by atoms with Crippen LogP contribution in [0.5, 0.6) is 5.75 Å². The van der Waals surface area contributed by atoms with E-state index in [0.717, 1.165) is 15.9 Å². The maximum Gasteiger partial charge on any atom is 0.273 e. The number of nitrogens with zero attached hydrogens (tertiary/aromatic N) is 3. The van der Waals surface area contributed by atoms with Crippen molar-refractivity contribution in [1.29, 1.82) is 0 Å². The Balaban J connectivity index is 1.92. The topological polar surface area (TPSA) is 139 Å². The number of amides is 2. The van der Waals surface area contributed by atoms with Crippen molar-refractivity contribution in [2.24, 2.45) is 0 Å². The van der Waals surface area contributed by atoms with Gasteiger partial charge in [0.1, 0.15) is 18.3 Å². The molecule has 1 N–H and O–H groups in total. The van der Waals surface area contributed by atoms with Crippen molar-refractivity contribution < 1.29 is 27.7 Å². The van der Waals surface area contributed by atoms with E-state index < -0.39 is 49.9 Å². The number of hydrogen-bond acceptors (Lipinski definition) is 7. The molecule has 2 atom stereocenters. The van der Waals surface area contributed by atoms with Crippen LogP contribution in [-0.4, -0.2) is 55.8 Å². The zero-order valence-corrected chi connectivity index (χ0v) is 31.4. The van der Waals surface area contributed by atoms with Crippen molar-refractivity contribution in [3.8, 4) is 5.75 Å². The van der Waals surface area contributed by atoms with E-state index in [1.165, 1.54) is 55.3 Å². The predicted octanol–water partition coefficient (Wildman–Crippen LogP) is 7.62. The molecule has 4 aromatic carbocycles. The molecule has 0 saturated carbocycles. The van der Waals surface area contributed by atoms with Gasteiger partial charge < -0.3 is 15.0 Å². The highest BCUT2D eigenvalue weighted by molar-refractivity contribution is 7.92. The highest BCUT2D eigenvalue weighted by Gasteiger charge is 2.37. The molecule has 0 aliphatic heterocycles. The fraction of sp³-hybridized carbons (Fsp3) is 0.278. The second-order valence-electron chi connectivity index (χ2n) is 11.8. The molecule has 0 saturated heterocycles. The molecule has 2 unspecified atom stereocenters. The number of nitro groups is 1. The molecule has 0 spiro atoms. The monoisotopic (exact) mass is 774 g/mol. The number of nitro benzene ring substituents is 1. The zero-order chi connectivity index (χ0) is 37.5. The van der Waals surface area contributed by atoms with Gasteiger partial charge in [0.05, 0.1) is 22.6 Å². The summed E-state index contributed by atoms with van der Waals surface area (Å²) >= 11 is 19.1. The maximum atomic E-state index is 14.8. The van der Waals surface area contributed by atoms with Gasteiger partial charge in [-0.2, -0.15) is 0 Å². The van der Waals surface area contributed by atoms with Crippen LogP contribution < -0.4 is 14.4 Å². The Morgan fingerprint density at radius 1 is 0.961 bits per heavy atom. The molecular weight excluding hydrogens is 739 g/mol. The van der Waals surface area contributed by atoms with Crippen LogP contribution in [0, 0.1) is 17.0 Å². The van der Waals surface area contributed by atoms with Crippen molar-refractivity contribution in [2.45, 2.75) is 57.1 Å². The second kappa shape index (κ2) is 17.2. The van der Waals surface area contributed by atoms with E-state index in [9.17, 15) is 28.1 Å². The maximum absolute atomic E-state index is 14.8. The van der Waals surface area contributed by atoms with Crippen LogP contribution in [0.1, 0.15) is 37.0 Å². The third-order valence-corrected chi connectivity index (χ3v) is 10.9. The molecule has 51 heavy (non-hydrogen) atoms. The average Bonchev–Trinajstić information content (AvgIpc) is 3.09. The van der Waals surface area contributed by atoms with Crippen molar-refractivity contribution in [3.63, 3.8) is 0 Å². The van der Waals surface area contributed by atoms with Gasteiger partial charge in [-0.15, -0.1) is 0 Å². The number of nitrogens with one attached hydrogen (secondary N) is 1. The van der Waals surface area contributed by atoms with Crippen molar-refractivity contribution >= 4 is 68.0 Å². The zero-order valence-electron chi connectivity index (χ0n) is 28.3. The molecule has 2 amide bonds. The highest BCUT2D eigenvalue weighted by atomic mass is 35.5. The van der Waals surface area contributed by atoms with E-state index in [2.05, 4.69) is 5.32 Å². The molecule has 0 aliphatic carbocycles. The Morgan fingerprint density at radius 2 is 1.63 bits per heavy atom. The molecule has 0 heterocycles. The minimum atomic E-state index is -4.72. The Bertz CT molecular complexity index is 2020. The number of ether oxygens (including phenoxy) is 1. The molecule has 15 heteroatoms. The van der Waals surface area contributed by atoms with Gasteiger partial charge in [0.15, 0.2) is 0 Å². The second-order valence-corrected chi connectivity index (χ2v) is 15.0. The van der Waals surface area contributed by atoms with E-state index in [1.54, 1.807) is 12.1 Å². The summed E-state index contributed by atoms with van der Waals surface area (Å²) in [7, 11) is -3.40. The Morgan fingerprint density at radius 3 is 2.25 bits per heavy atom. The summed E-state index contributed by atoms with van der Waals surface area (Å²) in [6.07, 6.45) is 0.696. The minimum Gasteiger partial charge on any atom is -0.495 e. The van der Waals surface area contributed by atoms with Crippen LogP contribution >= 0.6 is 34.8 Å². The average molecular weight is 776 g/mol. The lowest BCUT2D eigenvalue weighted by Gasteiger charge is -2.34. The number of rotatable bonds is 15. The van der Waals surface area contributed by atoms with Crippen LogP contribution in [0.4, 0.5) is 11.4 Å². The Hall–Kier alpha value is -4.36. The standard InChI is InChI=1S/C36H37Cl3N4O7S/c1-5-24(3)40-36(45)33(17-25-9-7-6-8-10-25)41(21-26-12-13-27(37)18-30(26)39)35(44)22-42(32-19-28(38)14-16-34(32)50-4)51(48,49)29-15-11-23(2)31(20-29)43(46)47/h6-16,18-20,24,33H,5,17,21-22H2,1-4H3,(H,40,45). The fourth-order valence-electron chi connectivity index (χ4n) is 5.27. The summed E-state index contributed by atoms with van der Waals surface area (Å²) in [4.78, 5) is 40.8. The van der Waals surface area contributed by atoms with Crippen molar-refractivity contribution in [3.05, 3.63) is 127 Å². The van der Waals surface area contributed by atoms with Gasteiger partial charge in [0.2, 0.25) is 11.8 Å². The Labute approximate surface area is 312 Å². The lowest BCUT2D eigenvalue weighted by atomic mass is 10.0.